The lowest BCUT2D eigenvalue weighted by atomic mass is 10.1. The van der Waals surface area contributed by atoms with Gasteiger partial charge in [-0.05, 0) is 65.6 Å². The van der Waals surface area contributed by atoms with E-state index in [0.717, 1.165) is 30.0 Å². The van der Waals surface area contributed by atoms with Gasteiger partial charge in [0.15, 0.2) is 0 Å². The van der Waals surface area contributed by atoms with Gasteiger partial charge in [-0.15, -0.1) is 45.3 Å². The van der Waals surface area contributed by atoms with Gasteiger partial charge >= 0.3 is 0 Å². The van der Waals surface area contributed by atoms with Crippen molar-refractivity contribution in [2.45, 2.75) is 32.4 Å². The van der Waals surface area contributed by atoms with Crippen LogP contribution in [-0.2, 0) is 19.4 Å². The van der Waals surface area contributed by atoms with E-state index in [1.807, 2.05) is 17.5 Å². The van der Waals surface area contributed by atoms with E-state index in [-0.39, 0.29) is 34.0 Å². The molecule has 28 heavy (non-hydrogen) atoms. The summed E-state index contributed by atoms with van der Waals surface area (Å²) in [4.78, 5) is 5.61. The lowest BCUT2D eigenvalue weighted by Gasteiger charge is -2.13. The first-order chi connectivity index (χ1) is 12.7. The zero-order valence-corrected chi connectivity index (χ0v) is 20.0. The van der Waals surface area contributed by atoms with Crippen molar-refractivity contribution in [3.8, 4) is 0 Å². The van der Waals surface area contributed by atoms with E-state index in [4.69, 9.17) is 5.73 Å². The van der Waals surface area contributed by atoms with Crippen LogP contribution in [0.3, 0.4) is 0 Å². The number of amidine groups is 1. The van der Waals surface area contributed by atoms with Gasteiger partial charge in [-0.3, -0.25) is 0 Å². The van der Waals surface area contributed by atoms with E-state index in [9.17, 15) is 0 Å². The molecule has 148 valence electrons. The van der Waals surface area contributed by atoms with Gasteiger partial charge in [0.25, 0.3) is 0 Å². The van der Waals surface area contributed by atoms with Crippen LogP contribution in [0.5, 0.6) is 0 Å². The summed E-state index contributed by atoms with van der Waals surface area (Å²) < 4.78 is 0. The van der Waals surface area contributed by atoms with E-state index in [1.54, 1.807) is 11.3 Å². The second-order valence-electron chi connectivity index (χ2n) is 6.84. The topological polar surface area (TPSA) is 50.4 Å². The standard InChI is InChI=1S/C22H23N3S.2BrH/c1-15-5-2-3-6-17(15)14-24-20-11-16-8-9-19(12-18(16)13-20)25-22(23)21-7-4-10-26-21;;/h2-10,12,20,24H,11,13-14H2,1H3,(H2,23,25);2*1H. The van der Waals surface area contributed by atoms with Gasteiger partial charge in [0.05, 0.1) is 10.6 Å². The molecule has 1 aromatic heterocycles. The predicted octanol–water partition coefficient (Wildman–Crippen LogP) is 5.51. The summed E-state index contributed by atoms with van der Waals surface area (Å²) in [6.07, 6.45) is 2.12. The molecule has 3 nitrogen and oxygen atoms in total. The van der Waals surface area contributed by atoms with Gasteiger partial charge < -0.3 is 11.1 Å². The number of nitrogens with two attached hydrogens (primary N) is 1. The van der Waals surface area contributed by atoms with Crippen molar-refractivity contribution in [3.63, 3.8) is 0 Å². The van der Waals surface area contributed by atoms with Crippen molar-refractivity contribution in [2.24, 2.45) is 10.7 Å². The van der Waals surface area contributed by atoms with Crippen LogP contribution in [0.4, 0.5) is 5.69 Å². The molecule has 1 aliphatic carbocycles. The minimum Gasteiger partial charge on any atom is -0.383 e. The van der Waals surface area contributed by atoms with Gasteiger partial charge in [0, 0.05) is 12.6 Å². The Hall–Kier alpha value is -1.47. The molecular weight excluding hydrogens is 498 g/mol. The zero-order valence-electron chi connectivity index (χ0n) is 15.7. The average molecular weight is 523 g/mol. The second kappa shape index (κ2) is 10.3. The number of hydrogen-bond acceptors (Lipinski definition) is 3. The summed E-state index contributed by atoms with van der Waals surface area (Å²) in [5.74, 6) is 0.590. The lowest BCUT2D eigenvalue weighted by molar-refractivity contribution is 0.532. The van der Waals surface area contributed by atoms with Crippen LogP contribution in [0.15, 0.2) is 65.0 Å². The van der Waals surface area contributed by atoms with Crippen LogP contribution in [0.2, 0.25) is 0 Å². The first-order valence-corrected chi connectivity index (χ1v) is 9.85. The van der Waals surface area contributed by atoms with Crippen LogP contribution >= 0.6 is 45.3 Å². The lowest BCUT2D eigenvalue weighted by Crippen LogP contribution is -2.29. The molecular formula is C22H25Br2N3S. The summed E-state index contributed by atoms with van der Waals surface area (Å²) >= 11 is 1.62. The first kappa shape index (κ1) is 22.8. The number of hydrogen-bond donors (Lipinski definition) is 2. The highest BCUT2D eigenvalue weighted by Crippen LogP contribution is 2.27. The SMILES string of the molecule is Br.Br.Cc1ccccc1CNC1Cc2ccc(N=C(N)c3cccs3)cc2C1. The Morgan fingerprint density at radius 3 is 2.61 bits per heavy atom. The van der Waals surface area contributed by atoms with Gasteiger partial charge in [-0.2, -0.15) is 0 Å². The number of benzene rings is 2. The summed E-state index contributed by atoms with van der Waals surface area (Å²) in [6.45, 7) is 3.09. The van der Waals surface area contributed by atoms with Gasteiger partial charge in [-0.25, -0.2) is 4.99 Å². The zero-order chi connectivity index (χ0) is 17.9. The highest BCUT2D eigenvalue weighted by atomic mass is 79.9. The summed E-state index contributed by atoms with van der Waals surface area (Å²) in [5, 5.41) is 5.73. The number of rotatable bonds is 5. The fourth-order valence-corrected chi connectivity index (χ4v) is 4.13. The number of fused-ring (bicyclic) bond motifs is 1. The molecule has 0 bridgehead atoms. The number of aliphatic imine (C=N–C) groups is 1. The Labute approximate surface area is 191 Å². The Kier molecular flexibility index (Phi) is 8.43. The molecule has 4 rings (SSSR count). The molecule has 0 aliphatic heterocycles. The van der Waals surface area contributed by atoms with E-state index in [0.29, 0.717) is 11.9 Å². The molecule has 0 spiro atoms. The second-order valence-corrected chi connectivity index (χ2v) is 7.79. The van der Waals surface area contributed by atoms with E-state index >= 15 is 0 Å². The van der Waals surface area contributed by atoms with Crippen molar-refractivity contribution in [1.82, 2.24) is 5.32 Å². The number of halogens is 2. The third kappa shape index (κ3) is 5.32. The van der Waals surface area contributed by atoms with Crippen molar-refractivity contribution in [3.05, 3.63) is 87.1 Å². The Morgan fingerprint density at radius 1 is 1.07 bits per heavy atom. The minimum absolute atomic E-state index is 0. The van der Waals surface area contributed by atoms with Crippen molar-refractivity contribution in [1.29, 1.82) is 0 Å². The Morgan fingerprint density at radius 2 is 1.86 bits per heavy atom. The highest BCUT2D eigenvalue weighted by Gasteiger charge is 2.21. The van der Waals surface area contributed by atoms with E-state index in [1.165, 1.54) is 22.3 Å². The molecule has 6 heteroatoms. The number of thiophene rings is 1. The number of nitrogens with one attached hydrogen (secondary N) is 1. The fourth-order valence-electron chi connectivity index (χ4n) is 3.50. The van der Waals surface area contributed by atoms with E-state index in [2.05, 4.69) is 59.7 Å². The Bertz CT molecular complexity index is 939. The maximum atomic E-state index is 6.12. The fraction of sp³-hybridized carbons (Fsp3) is 0.227. The molecule has 2 aromatic carbocycles. The predicted molar refractivity (Wildman–Crippen MR) is 131 cm³/mol. The first-order valence-electron chi connectivity index (χ1n) is 8.97. The molecule has 1 atom stereocenters. The van der Waals surface area contributed by atoms with Crippen LogP contribution in [-0.4, -0.2) is 11.9 Å². The summed E-state index contributed by atoms with van der Waals surface area (Å²) in [5.41, 5.74) is 12.6. The van der Waals surface area contributed by atoms with Crippen LogP contribution in [0.25, 0.3) is 0 Å². The molecule has 0 radical (unpaired) electrons. The largest absolute Gasteiger partial charge is 0.383 e. The molecule has 0 saturated heterocycles. The monoisotopic (exact) mass is 521 g/mol. The number of nitrogens with zero attached hydrogens (tertiary/aromatic N) is 1. The molecule has 1 unspecified atom stereocenters. The highest BCUT2D eigenvalue weighted by molar-refractivity contribution is 8.93. The molecule has 0 fully saturated rings. The van der Waals surface area contributed by atoms with Crippen LogP contribution in [0.1, 0.15) is 27.1 Å². The van der Waals surface area contributed by atoms with Crippen LogP contribution in [0, 0.1) is 6.92 Å². The summed E-state index contributed by atoms with van der Waals surface area (Å²) in [6, 6.07) is 19.5. The molecule has 1 heterocycles. The number of aryl methyl sites for hydroxylation is 1. The van der Waals surface area contributed by atoms with Gasteiger partial charge in [0.1, 0.15) is 5.84 Å². The van der Waals surface area contributed by atoms with Crippen molar-refractivity contribution >= 4 is 56.8 Å². The quantitative estimate of drug-likeness (QED) is 0.343. The molecule has 0 amide bonds. The van der Waals surface area contributed by atoms with Crippen molar-refractivity contribution < 1.29 is 0 Å². The van der Waals surface area contributed by atoms with Crippen LogP contribution < -0.4 is 11.1 Å². The smallest absolute Gasteiger partial charge is 0.141 e. The Balaban J connectivity index is 0.00000140. The molecule has 3 aromatic rings. The minimum atomic E-state index is 0. The van der Waals surface area contributed by atoms with Gasteiger partial charge in [-0.1, -0.05) is 36.4 Å². The average Bonchev–Trinajstić information content (AvgIpc) is 3.30. The molecule has 0 saturated carbocycles. The third-order valence-corrected chi connectivity index (χ3v) is 5.88. The maximum Gasteiger partial charge on any atom is 0.141 e. The van der Waals surface area contributed by atoms with E-state index < -0.39 is 0 Å². The van der Waals surface area contributed by atoms with Gasteiger partial charge in [0.2, 0.25) is 0 Å². The maximum absolute atomic E-state index is 6.12. The molecule has 3 N–H and O–H groups in total. The summed E-state index contributed by atoms with van der Waals surface area (Å²) in [7, 11) is 0. The van der Waals surface area contributed by atoms with Crippen molar-refractivity contribution in [2.75, 3.05) is 0 Å². The molecule has 1 aliphatic rings. The third-order valence-electron chi connectivity index (χ3n) is 4.99. The normalized spacial score (nSPS) is 15.5.